The van der Waals surface area contributed by atoms with Crippen molar-refractivity contribution >= 4 is 10.9 Å². The highest BCUT2D eigenvalue weighted by atomic mass is 16.3. The molecule has 0 unspecified atom stereocenters. The van der Waals surface area contributed by atoms with E-state index >= 15 is 0 Å². The van der Waals surface area contributed by atoms with Crippen LogP contribution in [0.2, 0.25) is 0 Å². The summed E-state index contributed by atoms with van der Waals surface area (Å²) in [4.78, 5) is 18.1. The zero-order chi connectivity index (χ0) is 23.6. The number of nitrogens with one attached hydrogen (secondary N) is 1. The SMILES string of the molecule is CCC(C)(C)n1nnnc1[C@@H](C(C)C)N(CCO)Cc1cc2cc(C)c(C)cc2[nH]c1=O. The predicted octanol–water partition coefficient (Wildman–Crippen LogP) is 3.47. The van der Waals surface area contributed by atoms with Gasteiger partial charge in [0.1, 0.15) is 0 Å². The summed E-state index contributed by atoms with van der Waals surface area (Å²) in [5.41, 5.74) is 3.47. The number of hydrogen-bond donors (Lipinski definition) is 2. The van der Waals surface area contributed by atoms with Crippen LogP contribution in [0.3, 0.4) is 0 Å². The second-order valence-electron chi connectivity index (χ2n) is 9.65. The molecule has 32 heavy (non-hydrogen) atoms. The van der Waals surface area contributed by atoms with Crippen LogP contribution in [0.25, 0.3) is 10.9 Å². The van der Waals surface area contributed by atoms with Crippen LogP contribution in [0.1, 0.15) is 69.6 Å². The molecule has 1 atom stereocenters. The molecule has 0 aliphatic heterocycles. The molecule has 0 amide bonds. The maximum Gasteiger partial charge on any atom is 0.252 e. The third kappa shape index (κ3) is 4.76. The lowest BCUT2D eigenvalue weighted by atomic mass is 9.97. The second kappa shape index (κ2) is 9.50. The lowest BCUT2D eigenvalue weighted by Gasteiger charge is -2.35. The van der Waals surface area contributed by atoms with Gasteiger partial charge in [0, 0.05) is 24.2 Å². The van der Waals surface area contributed by atoms with Crippen LogP contribution in [-0.2, 0) is 12.1 Å². The number of aryl methyl sites for hydroxylation is 2. The van der Waals surface area contributed by atoms with Crippen LogP contribution < -0.4 is 5.56 Å². The molecule has 0 saturated carbocycles. The molecule has 2 N–H and O–H groups in total. The fraction of sp³-hybridized carbons (Fsp3) is 0.583. The van der Waals surface area contributed by atoms with Gasteiger partial charge in [-0.05, 0) is 85.2 Å². The van der Waals surface area contributed by atoms with E-state index in [0.717, 1.165) is 28.7 Å². The predicted molar refractivity (Wildman–Crippen MR) is 127 cm³/mol. The molecule has 0 aliphatic rings. The first-order chi connectivity index (χ1) is 15.1. The van der Waals surface area contributed by atoms with Crippen molar-refractivity contribution in [3.05, 3.63) is 51.1 Å². The molecule has 0 saturated heterocycles. The summed E-state index contributed by atoms with van der Waals surface area (Å²) in [5.74, 6) is 0.923. The van der Waals surface area contributed by atoms with Crippen molar-refractivity contribution in [1.29, 1.82) is 0 Å². The number of tetrazole rings is 1. The number of aromatic amines is 1. The molecule has 0 fully saturated rings. The normalized spacial score (nSPS) is 13.4. The van der Waals surface area contributed by atoms with Gasteiger partial charge in [-0.1, -0.05) is 20.8 Å². The molecule has 0 aliphatic carbocycles. The Balaban J connectivity index is 2.05. The average molecular weight is 441 g/mol. The number of hydrogen-bond acceptors (Lipinski definition) is 6. The summed E-state index contributed by atoms with van der Waals surface area (Å²) in [6.45, 7) is 15.4. The summed E-state index contributed by atoms with van der Waals surface area (Å²) in [5, 5.41) is 23.5. The third-order valence-electron chi connectivity index (χ3n) is 6.52. The van der Waals surface area contributed by atoms with Crippen LogP contribution in [0.4, 0.5) is 0 Å². The number of aliphatic hydroxyl groups is 1. The Morgan fingerprint density at radius 2 is 1.88 bits per heavy atom. The summed E-state index contributed by atoms with van der Waals surface area (Å²) >= 11 is 0. The number of aromatic nitrogens is 5. The third-order valence-corrected chi connectivity index (χ3v) is 6.52. The average Bonchev–Trinajstić information content (AvgIpc) is 3.20. The Morgan fingerprint density at radius 1 is 1.19 bits per heavy atom. The van der Waals surface area contributed by atoms with Crippen LogP contribution in [0.15, 0.2) is 23.0 Å². The second-order valence-corrected chi connectivity index (χ2v) is 9.65. The number of rotatable bonds is 9. The number of benzene rings is 1. The molecule has 174 valence electrons. The first kappa shape index (κ1) is 24.1. The van der Waals surface area contributed by atoms with E-state index in [9.17, 15) is 9.90 Å². The summed E-state index contributed by atoms with van der Waals surface area (Å²) in [7, 11) is 0. The van der Waals surface area contributed by atoms with Gasteiger partial charge in [0.25, 0.3) is 5.56 Å². The van der Waals surface area contributed by atoms with E-state index in [2.05, 4.69) is 73.0 Å². The molecule has 1 aromatic carbocycles. The first-order valence-corrected chi connectivity index (χ1v) is 11.4. The van der Waals surface area contributed by atoms with Gasteiger partial charge in [-0.3, -0.25) is 9.69 Å². The molecule has 0 spiro atoms. The van der Waals surface area contributed by atoms with E-state index in [1.165, 1.54) is 5.56 Å². The van der Waals surface area contributed by atoms with Crippen molar-refractivity contribution in [2.45, 2.75) is 73.0 Å². The van der Waals surface area contributed by atoms with Gasteiger partial charge < -0.3 is 10.1 Å². The summed E-state index contributed by atoms with van der Waals surface area (Å²) in [6.07, 6.45) is 0.874. The number of aliphatic hydroxyl groups excluding tert-OH is 1. The quantitative estimate of drug-likeness (QED) is 0.528. The van der Waals surface area contributed by atoms with Crippen molar-refractivity contribution in [1.82, 2.24) is 30.1 Å². The maximum atomic E-state index is 12.9. The highest BCUT2D eigenvalue weighted by Gasteiger charge is 2.33. The van der Waals surface area contributed by atoms with Crippen LogP contribution in [0, 0.1) is 19.8 Å². The van der Waals surface area contributed by atoms with E-state index in [1.54, 1.807) is 0 Å². The van der Waals surface area contributed by atoms with E-state index < -0.39 is 0 Å². The van der Waals surface area contributed by atoms with Gasteiger partial charge in [-0.15, -0.1) is 5.10 Å². The molecule has 2 heterocycles. The van der Waals surface area contributed by atoms with Crippen molar-refractivity contribution < 1.29 is 5.11 Å². The first-order valence-electron chi connectivity index (χ1n) is 11.4. The molecular formula is C24H36N6O2. The van der Waals surface area contributed by atoms with Gasteiger partial charge in [0.05, 0.1) is 18.2 Å². The minimum absolute atomic E-state index is 0.0221. The zero-order valence-corrected chi connectivity index (χ0v) is 20.3. The molecular weight excluding hydrogens is 404 g/mol. The molecule has 0 bridgehead atoms. The Labute approximate surface area is 189 Å². The van der Waals surface area contributed by atoms with Gasteiger partial charge in [-0.25, -0.2) is 4.68 Å². The maximum absolute atomic E-state index is 12.9. The molecule has 3 aromatic rings. The van der Waals surface area contributed by atoms with Gasteiger partial charge >= 0.3 is 0 Å². The lowest BCUT2D eigenvalue weighted by Crippen LogP contribution is -2.39. The monoisotopic (exact) mass is 440 g/mol. The smallest absolute Gasteiger partial charge is 0.252 e. The Bertz CT molecular complexity index is 1130. The van der Waals surface area contributed by atoms with Crippen LogP contribution in [-0.4, -0.2) is 48.3 Å². The molecule has 8 nitrogen and oxygen atoms in total. The summed E-state index contributed by atoms with van der Waals surface area (Å²) in [6, 6.07) is 5.92. The fourth-order valence-corrected chi connectivity index (χ4v) is 4.15. The van der Waals surface area contributed by atoms with Crippen LogP contribution >= 0.6 is 0 Å². The number of nitrogens with zero attached hydrogens (tertiary/aromatic N) is 5. The van der Waals surface area contributed by atoms with E-state index in [-0.39, 0.29) is 29.7 Å². The number of fused-ring (bicyclic) bond motifs is 1. The van der Waals surface area contributed by atoms with Crippen molar-refractivity contribution in [2.24, 2.45) is 5.92 Å². The highest BCUT2D eigenvalue weighted by Crippen LogP contribution is 2.31. The topological polar surface area (TPSA) is 99.9 Å². The van der Waals surface area contributed by atoms with E-state index in [0.29, 0.717) is 18.7 Å². The Morgan fingerprint density at radius 3 is 2.50 bits per heavy atom. The summed E-state index contributed by atoms with van der Waals surface area (Å²) < 4.78 is 1.89. The molecule has 8 heteroatoms. The van der Waals surface area contributed by atoms with Gasteiger partial charge in [-0.2, -0.15) is 0 Å². The molecule has 2 aromatic heterocycles. The Hall–Kier alpha value is -2.58. The minimum Gasteiger partial charge on any atom is -0.395 e. The fourth-order valence-electron chi connectivity index (χ4n) is 4.15. The van der Waals surface area contributed by atoms with Gasteiger partial charge in [0.2, 0.25) is 0 Å². The van der Waals surface area contributed by atoms with Crippen molar-refractivity contribution in [3.63, 3.8) is 0 Å². The van der Waals surface area contributed by atoms with E-state index in [4.69, 9.17) is 0 Å². The lowest BCUT2D eigenvalue weighted by molar-refractivity contribution is 0.0999. The zero-order valence-electron chi connectivity index (χ0n) is 20.3. The van der Waals surface area contributed by atoms with Gasteiger partial charge in [0.15, 0.2) is 5.82 Å². The van der Waals surface area contributed by atoms with Crippen molar-refractivity contribution in [3.8, 4) is 0 Å². The number of H-pyrrole nitrogens is 1. The van der Waals surface area contributed by atoms with E-state index in [1.807, 2.05) is 23.7 Å². The number of pyridine rings is 1. The van der Waals surface area contributed by atoms with Crippen molar-refractivity contribution in [2.75, 3.05) is 13.2 Å². The molecule has 0 radical (unpaired) electrons. The largest absolute Gasteiger partial charge is 0.395 e. The van der Waals surface area contributed by atoms with Crippen LogP contribution in [0.5, 0.6) is 0 Å². The minimum atomic E-state index is -0.243. The molecule has 3 rings (SSSR count). The Kier molecular flexibility index (Phi) is 7.15. The highest BCUT2D eigenvalue weighted by molar-refractivity contribution is 5.80. The standard InChI is InChI=1S/C24H36N6O2/c1-8-24(6,7)30-22(26-27-28-30)21(15(2)3)29(9-10-31)14-19-13-18-11-16(4)17(5)12-20(18)25-23(19)32/h11-13,15,21,31H,8-10,14H2,1-7H3,(H,25,32)/t21-/m1/s1.